The Morgan fingerprint density at radius 1 is 1.30 bits per heavy atom. The number of hydrogen-bond donors (Lipinski definition) is 2. The predicted molar refractivity (Wildman–Crippen MR) is 57.2 cm³/mol. The first kappa shape index (κ1) is 15.7. The summed E-state index contributed by atoms with van der Waals surface area (Å²) in [4.78, 5) is 3.18. The number of nitrogens with zero attached hydrogens (tertiary/aromatic N) is 3. The molecule has 5 nitrogen and oxygen atoms in total. The minimum absolute atomic E-state index is 0.378. The fourth-order valence-electron chi connectivity index (χ4n) is 0.935. The van der Waals surface area contributed by atoms with Crippen molar-refractivity contribution in [2.75, 3.05) is 0 Å². The maximum atomic E-state index is 12.2. The van der Waals surface area contributed by atoms with E-state index < -0.39 is 29.7 Å². The fourth-order valence-corrected chi connectivity index (χ4v) is 0.935. The van der Waals surface area contributed by atoms with Gasteiger partial charge in [-0.3, -0.25) is 5.41 Å². The highest BCUT2D eigenvalue weighted by Gasteiger charge is 2.34. The Kier molecular flexibility index (Phi) is 4.20. The van der Waals surface area contributed by atoms with Crippen molar-refractivity contribution in [1.29, 1.82) is 5.41 Å². The van der Waals surface area contributed by atoms with Crippen molar-refractivity contribution in [3.8, 4) is 0 Å². The van der Waals surface area contributed by atoms with Crippen LogP contribution in [0.25, 0.3) is 0 Å². The Morgan fingerprint density at radius 3 is 2.35 bits per heavy atom. The second-order valence-corrected chi connectivity index (χ2v) is 3.36. The first-order valence-electron chi connectivity index (χ1n) is 4.80. The Hall–Kier alpha value is -2.33. The molecular weight excluding hydrogens is 292 g/mol. The predicted octanol–water partition coefficient (Wildman–Crippen LogP) is 2.16. The number of halogens is 6. The Bertz CT molecular complexity index is 550. The number of hydrogen-bond acceptors (Lipinski definition) is 3. The van der Waals surface area contributed by atoms with Gasteiger partial charge in [0, 0.05) is 12.4 Å². The normalized spacial score (nSPS) is 14.0. The molecule has 1 rings (SSSR count). The van der Waals surface area contributed by atoms with E-state index in [-0.39, 0.29) is 0 Å². The maximum absolute atomic E-state index is 12.2. The average molecular weight is 299 g/mol. The van der Waals surface area contributed by atoms with Crippen LogP contribution in [-0.4, -0.2) is 28.1 Å². The van der Waals surface area contributed by atoms with Crippen molar-refractivity contribution >= 4 is 12.2 Å². The molecule has 11 heteroatoms. The molecule has 0 amide bonds. The second kappa shape index (κ2) is 5.35. The highest BCUT2D eigenvalue weighted by atomic mass is 19.4. The maximum Gasteiger partial charge on any atom is 0.435 e. The van der Waals surface area contributed by atoms with E-state index in [1.54, 1.807) is 0 Å². The smallest absolute Gasteiger partial charge is 0.395 e. The molecule has 0 saturated carbocycles. The van der Waals surface area contributed by atoms with Gasteiger partial charge in [-0.1, -0.05) is 0 Å². The van der Waals surface area contributed by atoms with Crippen LogP contribution in [0.5, 0.6) is 0 Å². The molecular formula is C9H7F6N5. The lowest BCUT2D eigenvalue weighted by Gasteiger charge is -2.03. The molecule has 0 aliphatic rings. The van der Waals surface area contributed by atoms with E-state index >= 15 is 0 Å². The minimum Gasteiger partial charge on any atom is -0.395 e. The Balaban J connectivity index is 2.80. The topological polar surface area (TPSA) is 80.0 Å². The molecule has 110 valence electrons. The summed E-state index contributed by atoms with van der Waals surface area (Å²) >= 11 is 0. The van der Waals surface area contributed by atoms with Crippen LogP contribution in [0.4, 0.5) is 26.3 Å². The van der Waals surface area contributed by atoms with Crippen molar-refractivity contribution in [3.63, 3.8) is 0 Å². The van der Waals surface area contributed by atoms with Crippen molar-refractivity contribution in [3.05, 3.63) is 29.7 Å². The van der Waals surface area contributed by atoms with Gasteiger partial charge in [0.25, 0.3) is 0 Å². The van der Waals surface area contributed by atoms with Gasteiger partial charge in [-0.05, 0) is 12.1 Å². The molecule has 0 aromatic carbocycles. The van der Waals surface area contributed by atoms with E-state index in [0.29, 0.717) is 23.0 Å². The van der Waals surface area contributed by atoms with Crippen LogP contribution < -0.4 is 5.73 Å². The number of nitrogens with two attached hydrogens (primary N) is 1. The number of allylic oxidation sites excluding steroid dienone is 2. The van der Waals surface area contributed by atoms with Gasteiger partial charge in [0.1, 0.15) is 5.70 Å². The van der Waals surface area contributed by atoms with E-state index in [0.717, 1.165) is 6.20 Å². The quantitative estimate of drug-likeness (QED) is 0.473. The molecule has 1 heterocycles. The molecule has 20 heavy (non-hydrogen) atoms. The van der Waals surface area contributed by atoms with Gasteiger partial charge in [0.05, 0.1) is 0 Å². The Morgan fingerprint density at radius 2 is 1.90 bits per heavy atom. The zero-order chi connectivity index (χ0) is 15.6. The molecule has 0 atom stereocenters. The Labute approximate surface area is 107 Å². The fraction of sp³-hybridized carbons (Fsp3) is 0.222. The molecule has 0 unspecified atom stereocenters. The zero-order valence-electron chi connectivity index (χ0n) is 9.50. The number of aliphatic imine (C=N–C) groups is 1. The summed E-state index contributed by atoms with van der Waals surface area (Å²) in [5.41, 5.74) is 1.94. The summed E-state index contributed by atoms with van der Waals surface area (Å²) in [7, 11) is 0. The second-order valence-electron chi connectivity index (χ2n) is 3.36. The molecule has 0 saturated heterocycles. The largest absolute Gasteiger partial charge is 0.435 e. The van der Waals surface area contributed by atoms with Crippen LogP contribution in [0.15, 0.2) is 29.0 Å². The van der Waals surface area contributed by atoms with Crippen LogP contribution >= 0.6 is 0 Å². The van der Waals surface area contributed by atoms with Crippen molar-refractivity contribution in [2.24, 2.45) is 10.7 Å². The standard InChI is InChI=1S/C9H7F6N5/c10-8(11,12)5(16)1-3-18-7(17)20-4-2-6(19-20)9(13,14)15/h1-4,17H,16H2/b5-1-,17-7?,18-3+. The van der Waals surface area contributed by atoms with E-state index in [2.05, 4.69) is 15.8 Å². The average Bonchev–Trinajstić information content (AvgIpc) is 2.76. The SMILES string of the molecule is N=C(/N=C/C=C(\N)C(F)(F)F)n1ccc(C(F)(F)F)n1. The molecule has 0 radical (unpaired) electrons. The highest BCUT2D eigenvalue weighted by Crippen LogP contribution is 2.27. The summed E-state index contributed by atoms with van der Waals surface area (Å²) in [6.45, 7) is 0. The van der Waals surface area contributed by atoms with Gasteiger partial charge in [-0.2, -0.15) is 31.4 Å². The lowest BCUT2D eigenvalue weighted by molar-refractivity contribution is -0.141. The third kappa shape index (κ3) is 4.10. The summed E-state index contributed by atoms with van der Waals surface area (Å²) in [6, 6.07) is 0.601. The van der Waals surface area contributed by atoms with Crippen LogP contribution in [0.3, 0.4) is 0 Å². The van der Waals surface area contributed by atoms with E-state index in [1.807, 2.05) is 0 Å². The van der Waals surface area contributed by atoms with Crippen LogP contribution in [0, 0.1) is 5.41 Å². The molecule has 1 aromatic heterocycles. The number of rotatable bonds is 1. The van der Waals surface area contributed by atoms with E-state index in [4.69, 9.17) is 5.41 Å². The summed E-state index contributed by atoms with van der Waals surface area (Å²) in [5, 5.41) is 10.2. The minimum atomic E-state index is -4.75. The molecule has 0 aliphatic heterocycles. The molecule has 0 spiro atoms. The van der Waals surface area contributed by atoms with E-state index in [9.17, 15) is 26.3 Å². The lowest BCUT2D eigenvalue weighted by atomic mass is 10.4. The van der Waals surface area contributed by atoms with Crippen LogP contribution in [0.1, 0.15) is 5.69 Å². The van der Waals surface area contributed by atoms with Gasteiger partial charge in [0.15, 0.2) is 5.69 Å². The van der Waals surface area contributed by atoms with Gasteiger partial charge in [-0.25, -0.2) is 9.67 Å². The third-order valence-electron chi connectivity index (χ3n) is 1.87. The van der Waals surface area contributed by atoms with Crippen molar-refractivity contribution in [2.45, 2.75) is 12.4 Å². The third-order valence-corrected chi connectivity index (χ3v) is 1.87. The first-order valence-corrected chi connectivity index (χ1v) is 4.80. The van der Waals surface area contributed by atoms with E-state index in [1.165, 1.54) is 0 Å². The molecule has 0 bridgehead atoms. The van der Waals surface area contributed by atoms with Crippen LogP contribution in [-0.2, 0) is 6.18 Å². The number of alkyl halides is 6. The van der Waals surface area contributed by atoms with Gasteiger partial charge in [0.2, 0.25) is 5.96 Å². The van der Waals surface area contributed by atoms with Crippen molar-refractivity contribution < 1.29 is 26.3 Å². The molecule has 3 N–H and O–H groups in total. The lowest BCUT2D eigenvalue weighted by Crippen LogP contribution is -2.19. The number of aromatic nitrogens is 2. The summed E-state index contributed by atoms with van der Waals surface area (Å²) in [5.74, 6) is -0.799. The highest BCUT2D eigenvalue weighted by molar-refractivity contribution is 5.90. The first-order chi connectivity index (χ1) is 9.01. The summed E-state index contributed by atoms with van der Waals surface area (Å²) in [6.07, 6.45) is -7.71. The monoisotopic (exact) mass is 299 g/mol. The molecule has 0 fully saturated rings. The molecule has 0 aliphatic carbocycles. The van der Waals surface area contributed by atoms with Gasteiger partial charge in [-0.15, -0.1) is 0 Å². The van der Waals surface area contributed by atoms with Gasteiger partial charge < -0.3 is 5.73 Å². The zero-order valence-corrected chi connectivity index (χ0v) is 9.50. The van der Waals surface area contributed by atoms with Crippen molar-refractivity contribution in [1.82, 2.24) is 9.78 Å². The summed E-state index contributed by atoms with van der Waals surface area (Å²) < 4.78 is 73.0. The van der Waals surface area contributed by atoms with Gasteiger partial charge >= 0.3 is 12.4 Å². The number of nitrogens with one attached hydrogen (secondary N) is 1. The van der Waals surface area contributed by atoms with Crippen LogP contribution in [0.2, 0.25) is 0 Å². The molecule has 1 aromatic rings.